The van der Waals surface area contributed by atoms with Crippen molar-refractivity contribution in [2.45, 2.75) is 45.2 Å². The van der Waals surface area contributed by atoms with E-state index in [1.807, 2.05) is 23.4 Å². The number of rotatable bonds is 6. The molecule has 1 aromatic carbocycles. The first-order valence-corrected chi connectivity index (χ1v) is 11.4. The second kappa shape index (κ2) is 8.46. The Kier molecular flexibility index (Phi) is 5.48. The first-order valence-electron chi connectivity index (χ1n) is 11.4. The van der Waals surface area contributed by atoms with E-state index in [-0.39, 0.29) is 17.3 Å². The molecule has 0 radical (unpaired) electrons. The standard InChI is InChI=1S/C26H28FN5O/c1-26(2)12-18(17-32(26)24(33)8-7-19-5-3-4-6-23(19)27)16-31-10-9-20-11-21(13-28-25(20)31)22-14-29-30-15-22/h3-6,9-11,13-15,18H,7-8,12,16-17H2,1-2H3,(H,29,30). The molecule has 1 aliphatic heterocycles. The molecule has 6 nitrogen and oxygen atoms in total. The van der Waals surface area contributed by atoms with Gasteiger partial charge in [0.15, 0.2) is 0 Å². The molecule has 7 heteroatoms. The molecule has 0 bridgehead atoms. The number of pyridine rings is 1. The van der Waals surface area contributed by atoms with Gasteiger partial charge < -0.3 is 9.47 Å². The second-order valence-corrected chi connectivity index (χ2v) is 9.57. The minimum Gasteiger partial charge on any atom is -0.337 e. The third-order valence-corrected chi connectivity index (χ3v) is 6.71. The highest BCUT2D eigenvalue weighted by Crippen LogP contribution is 2.35. The first-order chi connectivity index (χ1) is 15.9. The number of aryl methyl sites for hydroxylation is 1. The maximum absolute atomic E-state index is 13.9. The Morgan fingerprint density at radius 3 is 2.85 bits per heavy atom. The van der Waals surface area contributed by atoms with Crippen LogP contribution in [0.5, 0.6) is 0 Å². The fraction of sp³-hybridized carbons (Fsp3) is 0.346. The monoisotopic (exact) mass is 445 g/mol. The zero-order valence-electron chi connectivity index (χ0n) is 19.0. The van der Waals surface area contributed by atoms with E-state index in [9.17, 15) is 9.18 Å². The fourth-order valence-electron chi connectivity index (χ4n) is 5.10. The van der Waals surface area contributed by atoms with Gasteiger partial charge in [-0.05, 0) is 56.4 Å². The molecule has 0 aliphatic carbocycles. The van der Waals surface area contributed by atoms with Crippen LogP contribution in [-0.2, 0) is 17.8 Å². The van der Waals surface area contributed by atoms with Crippen LogP contribution >= 0.6 is 0 Å². The lowest BCUT2D eigenvalue weighted by atomic mass is 9.96. The lowest BCUT2D eigenvalue weighted by Gasteiger charge is -2.31. The number of H-pyrrole nitrogens is 1. The van der Waals surface area contributed by atoms with Crippen LogP contribution in [-0.4, -0.2) is 42.6 Å². The zero-order valence-corrected chi connectivity index (χ0v) is 19.0. The van der Waals surface area contributed by atoms with Crippen LogP contribution in [0.2, 0.25) is 0 Å². The Balaban J connectivity index is 1.27. The number of nitrogens with zero attached hydrogens (tertiary/aromatic N) is 4. The van der Waals surface area contributed by atoms with Crippen molar-refractivity contribution in [2.24, 2.45) is 5.92 Å². The Morgan fingerprint density at radius 2 is 2.06 bits per heavy atom. The third-order valence-electron chi connectivity index (χ3n) is 6.71. The lowest BCUT2D eigenvalue weighted by Crippen LogP contribution is -2.42. The second-order valence-electron chi connectivity index (χ2n) is 9.57. The van der Waals surface area contributed by atoms with Gasteiger partial charge in [0, 0.05) is 60.2 Å². The van der Waals surface area contributed by atoms with Crippen molar-refractivity contribution in [1.82, 2.24) is 24.6 Å². The zero-order chi connectivity index (χ0) is 23.0. The van der Waals surface area contributed by atoms with Crippen molar-refractivity contribution >= 4 is 16.9 Å². The quantitative estimate of drug-likeness (QED) is 0.462. The smallest absolute Gasteiger partial charge is 0.223 e. The number of fused-ring (bicyclic) bond motifs is 1. The van der Waals surface area contributed by atoms with Crippen LogP contribution in [0.1, 0.15) is 32.3 Å². The molecule has 1 unspecified atom stereocenters. The van der Waals surface area contributed by atoms with Gasteiger partial charge in [-0.25, -0.2) is 9.37 Å². The van der Waals surface area contributed by atoms with E-state index in [1.165, 1.54) is 6.07 Å². The molecule has 170 valence electrons. The van der Waals surface area contributed by atoms with Crippen molar-refractivity contribution in [3.05, 3.63) is 72.6 Å². The van der Waals surface area contributed by atoms with E-state index >= 15 is 0 Å². The van der Waals surface area contributed by atoms with Gasteiger partial charge in [-0.15, -0.1) is 0 Å². The Morgan fingerprint density at radius 1 is 1.21 bits per heavy atom. The largest absolute Gasteiger partial charge is 0.337 e. The molecule has 5 rings (SSSR count). The predicted octanol–water partition coefficient (Wildman–Crippen LogP) is 4.83. The Hall–Kier alpha value is -3.48. The number of hydrogen-bond acceptors (Lipinski definition) is 3. The molecule has 1 N–H and O–H groups in total. The molecule has 33 heavy (non-hydrogen) atoms. The molecule has 4 aromatic rings. The summed E-state index contributed by atoms with van der Waals surface area (Å²) in [6, 6.07) is 10.9. The van der Waals surface area contributed by atoms with E-state index in [0.29, 0.717) is 30.9 Å². The molecule has 1 saturated heterocycles. The summed E-state index contributed by atoms with van der Waals surface area (Å²) in [4.78, 5) is 19.7. The minimum atomic E-state index is -0.244. The first kappa shape index (κ1) is 21.4. The average Bonchev–Trinajstić information content (AvgIpc) is 3.52. The maximum atomic E-state index is 13.9. The van der Waals surface area contributed by atoms with Crippen LogP contribution in [0, 0.1) is 11.7 Å². The van der Waals surface area contributed by atoms with E-state index in [2.05, 4.69) is 46.9 Å². The van der Waals surface area contributed by atoms with E-state index in [4.69, 9.17) is 4.98 Å². The van der Waals surface area contributed by atoms with Gasteiger partial charge in [-0.3, -0.25) is 9.89 Å². The summed E-state index contributed by atoms with van der Waals surface area (Å²) >= 11 is 0. The number of amides is 1. The highest BCUT2D eigenvalue weighted by Gasteiger charge is 2.40. The Labute approximate surface area is 192 Å². The number of benzene rings is 1. The van der Waals surface area contributed by atoms with Crippen LogP contribution < -0.4 is 0 Å². The SMILES string of the molecule is CC1(C)CC(Cn2ccc3cc(-c4cn[nH]c4)cnc32)CN1C(=O)CCc1ccccc1F. The lowest BCUT2D eigenvalue weighted by molar-refractivity contribution is -0.134. The van der Waals surface area contributed by atoms with Crippen molar-refractivity contribution in [3.63, 3.8) is 0 Å². The van der Waals surface area contributed by atoms with Gasteiger partial charge in [-0.2, -0.15) is 5.10 Å². The van der Waals surface area contributed by atoms with Crippen molar-refractivity contribution in [2.75, 3.05) is 6.54 Å². The number of likely N-dealkylation sites (tertiary alicyclic amines) is 1. The number of halogens is 1. The van der Waals surface area contributed by atoms with Gasteiger partial charge in [0.1, 0.15) is 11.5 Å². The molecule has 1 aliphatic rings. The van der Waals surface area contributed by atoms with Gasteiger partial charge in [0.05, 0.1) is 6.20 Å². The molecule has 1 fully saturated rings. The number of nitrogens with one attached hydrogen (secondary N) is 1. The van der Waals surface area contributed by atoms with E-state index < -0.39 is 0 Å². The van der Waals surface area contributed by atoms with Crippen molar-refractivity contribution in [3.8, 4) is 11.1 Å². The highest BCUT2D eigenvalue weighted by molar-refractivity contribution is 5.81. The van der Waals surface area contributed by atoms with E-state index in [0.717, 1.165) is 35.1 Å². The van der Waals surface area contributed by atoms with Gasteiger partial charge in [-0.1, -0.05) is 18.2 Å². The summed E-state index contributed by atoms with van der Waals surface area (Å²) in [6.07, 6.45) is 9.27. The number of carbonyl (C=O) groups is 1. The van der Waals surface area contributed by atoms with Crippen LogP contribution in [0.25, 0.3) is 22.2 Å². The normalized spacial score (nSPS) is 17.7. The molecular weight excluding hydrogens is 417 g/mol. The molecule has 0 spiro atoms. The molecule has 1 amide bonds. The summed E-state index contributed by atoms with van der Waals surface area (Å²) in [5.74, 6) is 0.182. The maximum Gasteiger partial charge on any atom is 0.223 e. The summed E-state index contributed by atoms with van der Waals surface area (Å²) in [5, 5.41) is 7.94. The highest BCUT2D eigenvalue weighted by atomic mass is 19.1. The van der Waals surface area contributed by atoms with Crippen LogP contribution in [0.3, 0.4) is 0 Å². The summed E-state index contributed by atoms with van der Waals surface area (Å²) < 4.78 is 16.1. The Bertz CT molecular complexity index is 1280. The number of carbonyl (C=O) groups excluding carboxylic acids is 1. The van der Waals surface area contributed by atoms with Crippen molar-refractivity contribution in [1.29, 1.82) is 0 Å². The van der Waals surface area contributed by atoms with Crippen LogP contribution in [0.15, 0.2) is 61.2 Å². The van der Waals surface area contributed by atoms with Crippen LogP contribution in [0.4, 0.5) is 4.39 Å². The average molecular weight is 446 g/mol. The van der Waals surface area contributed by atoms with Gasteiger partial charge in [0.25, 0.3) is 0 Å². The molecule has 0 saturated carbocycles. The third kappa shape index (κ3) is 4.27. The van der Waals surface area contributed by atoms with E-state index in [1.54, 1.807) is 18.3 Å². The number of aromatic amines is 1. The summed E-state index contributed by atoms with van der Waals surface area (Å²) in [7, 11) is 0. The van der Waals surface area contributed by atoms with Crippen molar-refractivity contribution < 1.29 is 9.18 Å². The predicted molar refractivity (Wildman–Crippen MR) is 126 cm³/mol. The summed E-state index contributed by atoms with van der Waals surface area (Å²) in [5.41, 5.74) is 3.37. The number of hydrogen-bond donors (Lipinski definition) is 1. The van der Waals surface area contributed by atoms with Gasteiger partial charge in [0.2, 0.25) is 5.91 Å². The topological polar surface area (TPSA) is 66.8 Å². The fourth-order valence-corrected chi connectivity index (χ4v) is 5.10. The molecule has 1 atom stereocenters. The number of aromatic nitrogens is 4. The minimum absolute atomic E-state index is 0.0889. The molecule has 4 heterocycles. The van der Waals surface area contributed by atoms with Gasteiger partial charge >= 0.3 is 0 Å². The molecular formula is C26H28FN5O. The molecule has 3 aromatic heterocycles. The summed E-state index contributed by atoms with van der Waals surface area (Å²) in [6.45, 7) is 5.76.